The minimum atomic E-state index is -0.205. The van der Waals surface area contributed by atoms with Crippen LogP contribution in [0.15, 0.2) is 55.4 Å². The molecule has 9 nitrogen and oxygen atoms in total. The number of amides is 1. The van der Waals surface area contributed by atoms with E-state index in [1.165, 1.54) is 0 Å². The zero-order chi connectivity index (χ0) is 22.1. The lowest BCUT2D eigenvalue weighted by molar-refractivity contribution is 0.102. The number of rotatable bonds is 5. The van der Waals surface area contributed by atoms with Gasteiger partial charge in [0.1, 0.15) is 5.65 Å². The number of piperidine rings is 1. The predicted octanol–water partition coefficient (Wildman–Crippen LogP) is 2.39. The van der Waals surface area contributed by atoms with Gasteiger partial charge in [0.2, 0.25) is 0 Å². The Morgan fingerprint density at radius 1 is 1.22 bits per heavy atom. The van der Waals surface area contributed by atoms with E-state index in [1.807, 2.05) is 42.2 Å². The number of anilines is 2. The summed E-state index contributed by atoms with van der Waals surface area (Å²) in [4.78, 5) is 23.9. The number of aryl methyl sites for hydroxylation is 1. The number of carbonyl (C=O) groups is 1. The molecular weight excluding hydrogens is 404 g/mol. The van der Waals surface area contributed by atoms with Crippen molar-refractivity contribution >= 4 is 28.3 Å². The fourth-order valence-corrected chi connectivity index (χ4v) is 4.31. The van der Waals surface area contributed by atoms with Gasteiger partial charge in [-0.25, -0.2) is 4.98 Å². The van der Waals surface area contributed by atoms with Gasteiger partial charge in [0.25, 0.3) is 5.91 Å². The first-order chi connectivity index (χ1) is 15.6. The summed E-state index contributed by atoms with van der Waals surface area (Å²) in [5, 5.41) is 8.34. The number of pyridine rings is 2. The lowest BCUT2D eigenvalue weighted by Crippen LogP contribution is -2.42. The molecule has 1 saturated heterocycles. The number of carbonyl (C=O) groups excluding carboxylic acids is 1. The second kappa shape index (κ2) is 8.43. The van der Waals surface area contributed by atoms with Crippen molar-refractivity contribution in [2.24, 2.45) is 12.8 Å². The highest BCUT2D eigenvalue weighted by Crippen LogP contribution is 2.34. The second-order valence-electron chi connectivity index (χ2n) is 8.27. The van der Waals surface area contributed by atoms with Crippen LogP contribution in [0.4, 0.5) is 11.4 Å². The molecule has 164 valence electrons. The van der Waals surface area contributed by atoms with Crippen LogP contribution < -0.4 is 16.0 Å². The summed E-state index contributed by atoms with van der Waals surface area (Å²) >= 11 is 0. The minimum Gasteiger partial charge on any atom is -0.369 e. The molecule has 1 fully saturated rings. The van der Waals surface area contributed by atoms with Gasteiger partial charge in [-0.2, -0.15) is 5.10 Å². The molecule has 1 aliphatic rings. The molecular formula is C23H26N8O. The highest BCUT2D eigenvalue weighted by Gasteiger charge is 2.22. The van der Waals surface area contributed by atoms with Crippen molar-refractivity contribution in [2.45, 2.75) is 25.4 Å². The SMILES string of the molecule is Cn1cc(NC(=O)c2cnn(Cc3ccncc3)c2)c2c(N3CCC[C@@H](N)C3)ccnc21. The second-order valence-corrected chi connectivity index (χ2v) is 8.27. The molecule has 0 spiro atoms. The summed E-state index contributed by atoms with van der Waals surface area (Å²) in [6, 6.07) is 6.01. The van der Waals surface area contributed by atoms with Gasteiger partial charge in [-0.1, -0.05) is 0 Å². The standard InChI is InChI=1S/C23H26N8O/c1-29-15-19(21-20(6-9-26-22(21)29)30-10-2-3-18(24)14-30)28-23(32)17-11-27-31(13-17)12-16-4-7-25-8-5-16/h4-9,11,13,15,18H,2-3,10,12,14,24H2,1H3,(H,28,32)/t18-/m1/s1. The molecule has 5 rings (SSSR count). The van der Waals surface area contributed by atoms with Crippen LogP contribution in [0.1, 0.15) is 28.8 Å². The molecule has 4 aromatic heterocycles. The highest BCUT2D eigenvalue weighted by molar-refractivity contribution is 6.11. The normalized spacial score (nSPS) is 16.4. The fourth-order valence-electron chi connectivity index (χ4n) is 4.31. The maximum Gasteiger partial charge on any atom is 0.258 e. The van der Waals surface area contributed by atoms with Crippen molar-refractivity contribution in [1.82, 2.24) is 24.3 Å². The molecule has 1 amide bonds. The Balaban J connectivity index is 1.41. The molecule has 0 aromatic carbocycles. The Bertz CT molecular complexity index is 1250. The van der Waals surface area contributed by atoms with Crippen molar-refractivity contribution in [3.8, 4) is 0 Å². The van der Waals surface area contributed by atoms with Crippen molar-refractivity contribution in [1.29, 1.82) is 0 Å². The molecule has 0 bridgehead atoms. The van der Waals surface area contributed by atoms with Crippen LogP contribution in [0, 0.1) is 0 Å². The third-order valence-electron chi connectivity index (χ3n) is 5.87. The molecule has 32 heavy (non-hydrogen) atoms. The Morgan fingerprint density at radius 2 is 2.06 bits per heavy atom. The lowest BCUT2D eigenvalue weighted by atomic mass is 10.1. The van der Waals surface area contributed by atoms with E-state index in [2.05, 4.69) is 25.3 Å². The van der Waals surface area contributed by atoms with Crippen LogP contribution in [0.5, 0.6) is 0 Å². The maximum absolute atomic E-state index is 13.0. The van der Waals surface area contributed by atoms with Gasteiger partial charge in [0, 0.05) is 57.2 Å². The van der Waals surface area contributed by atoms with Gasteiger partial charge in [0.05, 0.1) is 35.1 Å². The molecule has 0 radical (unpaired) electrons. The van der Waals surface area contributed by atoms with Crippen LogP contribution in [0.2, 0.25) is 0 Å². The smallest absolute Gasteiger partial charge is 0.258 e. The molecule has 3 N–H and O–H groups in total. The molecule has 0 aliphatic carbocycles. The molecule has 1 atom stereocenters. The monoisotopic (exact) mass is 430 g/mol. The van der Waals surface area contributed by atoms with E-state index in [0.29, 0.717) is 12.1 Å². The summed E-state index contributed by atoms with van der Waals surface area (Å²) < 4.78 is 3.68. The maximum atomic E-state index is 13.0. The van der Waals surface area contributed by atoms with E-state index in [1.54, 1.807) is 29.5 Å². The number of nitrogens with two attached hydrogens (primary N) is 1. The Labute approximate surface area is 185 Å². The molecule has 0 unspecified atom stereocenters. The topological polar surface area (TPSA) is 107 Å². The van der Waals surface area contributed by atoms with Crippen LogP contribution in [0.3, 0.4) is 0 Å². The first kappa shape index (κ1) is 20.2. The van der Waals surface area contributed by atoms with E-state index in [0.717, 1.165) is 53.9 Å². The van der Waals surface area contributed by atoms with Crippen LogP contribution in [0.25, 0.3) is 11.0 Å². The minimum absolute atomic E-state index is 0.153. The average molecular weight is 431 g/mol. The molecule has 9 heteroatoms. The Kier molecular flexibility index (Phi) is 5.32. The van der Waals surface area contributed by atoms with Crippen molar-refractivity contribution in [3.05, 3.63) is 66.5 Å². The molecule has 0 saturated carbocycles. The summed E-state index contributed by atoms with van der Waals surface area (Å²) in [5.74, 6) is -0.205. The summed E-state index contributed by atoms with van der Waals surface area (Å²) in [6.45, 7) is 2.31. The van der Waals surface area contributed by atoms with Crippen molar-refractivity contribution < 1.29 is 4.79 Å². The number of hydrogen-bond donors (Lipinski definition) is 2. The highest BCUT2D eigenvalue weighted by atomic mass is 16.1. The van der Waals surface area contributed by atoms with Crippen LogP contribution >= 0.6 is 0 Å². The van der Waals surface area contributed by atoms with Gasteiger partial charge in [0.15, 0.2) is 0 Å². The predicted molar refractivity (Wildman–Crippen MR) is 124 cm³/mol. The van der Waals surface area contributed by atoms with Crippen molar-refractivity contribution in [2.75, 3.05) is 23.3 Å². The molecule has 4 aromatic rings. The Hall–Kier alpha value is -3.72. The van der Waals surface area contributed by atoms with Gasteiger partial charge in [-0.15, -0.1) is 0 Å². The van der Waals surface area contributed by atoms with E-state index in [9.17, 15) is 4.79 Å². The number of aromatic nitrogens is 5. The van der Waals surface area contributed by atoms with Crippen LogP contribution in [-0.2, 0) is 13.6 Å². The van der Waals surface area contributed by atoms with Crippen molar-refractivity contribution in [3.63, 3.8) is 0 Å². The van der Waals surface area contributed by atoms with Gasteiger partial charge in [-0.05, 0) is 36.6 Å². The van der Waals surface area contributed by atoms with Crippen LogP contribution in [-0.4, -0.2) is 49.4 Å². The third-order valence-corrected chi connectivity index (χ3v) is 5.87. The fraction of sp³-hybridized carbons (Fsp3) is 0.304. The zero-order valence-electron chi connectivity index (χ0n) is 18.0. The van der Waals surface area contributed by atoms with Gasteiger partial charge >= 0.3 is 0 Å². The van der Waals surface area contributed by atoms with Gasteiger partial charge < -0.3 is 20.5 Å². The zero-order valence-corrected chi connectivity index (χ0v) is 18.0. The molecule has 5 heterocycles. The molecule has 1 aliphatic heterocycles. The number of hydrogen-bond acceptors (Lipinski definition) is 6. The summed E-state index contributed by atoms with van der Waals surface area (Å²) in [6.07, 6.45) is 12.6. The van der Waals surface area contributed by atoms with E-state index in [-0.39, 0.29) is 11.9 Å². The van der Waals surface area contributed by atoms with E-state index in [4.69, 9.17) is 5.73 Å². The first-order valence-corrected chi connectivity index (χ1v) is 10.8. The quantitative estimate of drug-likeness (QED) is 0.504. The largest absolute Gasteiger partial charge is 0.369 e. The number of fused-ring (bicyclic) bond motifs is 1. The van der Waals surface area contributed by atoms with E-state index < -0.39 is 0 Å². The number of nitrogens with zero attached hydrogens (tertiary/aromatic N) is 6. The van der Waals surface area contributed by atoms with Gasteiger partial charge in [-0.3, -0.25) is 14.5 Å². The summed E-state index contributed by atoms with van der Waals surface area (Å²) in [5.41, 5.74) is 10.4. The average Bonchev–Trinajstić information content (AvgIpc) is 3.39. The third kappa shape index (κ3) is 3.94. The lowest BCUT2D eigenvalue weighted by Gasteiger charge is -2.33. The van der Waals surface area contributed by atoms with E-state index >= 15 is 0 Å². The first-order valence-electron chi connectivity index (χ1n) is 10.8. The summed E-state index contributed by atoms with van der Waals surface area (Å²) in [7, 11) is 1.93. The number of nitrogens with one attached hydrogen (secondary N) is 1. The Morgan fingerprint density at radius 3 is 2.88 bits per heavy atom.